The zero-order valence-corrected chi connectivity index (χ0v) is 23.0. The lowest BCUT2D eigenvalue weighted by atomic mass is 9.80. The Morgan fingerprint density at radius 2 is 1.41 bits per heavy atom. The van der Waals surface area contributed by atoms with Crippen LogP contribution in [-0.2, 0) is 10.8 Å². The minimum absolute atomic E-state index is 0.0564. The third-order valence-electron chi connectivity index (χ3n) is 8.67. The molecule has 2 aliphatic rings. The summed E-state index contributed by atoms with van der Waals surface area (Å²) in [6, 6.07) is 26.8. The zero-order chi connectivity index (χ0) is 25.9. The molecule has 0 radical (unpaired) electrons. The van der Waals surface area contributed by atoms with E-state index < -0.39 is 0 Å². The van der Waals surface area contributed by atoms with Gasteiger partial charge in [0.25, 0.3) is 0 Å². The van der Waals surface area contributed by atoms with E-state index in [1.165, 1.54) is 55.5 Å². The Kier molecular flexibility index (Phi) is 5.42. The van der Waals surface area contributed by atoms with E-state index in [9.17, 15) is 0 Å². The molecule has 0 saturated carbocycles. The number of hydrogen-bond donors (Lipinski definition) is 0. The molecule has 2 heterocycles. The third-order valence-corrected chi connectivity index (χ3v) is 8.67. The Hall–Kier alpha value is -3.65. The van der Waals surface area contributed by atoms with Crippen LogP contribution in [0.4, 0.5) is 11.4 Å². The quantitative estimate of drug-likeness (QED) is 0.262. The second kappa shape index (κ2) is 8.45. The van der Waals surface area contributed by atoms with Gasteiger partial charge in [-0.15, -0.1) is 0 Å². The lowest BCUT2D eigenvalue weighted by molar-refractivity contribution is -0.431. The number of fused-ring (bicyclic) bond motifs is 6. The van der Waals surface area contributed by atoms with Gasteiger partial charge in [0.05, 0.1) is 10.8 Å². The summed E-state index contributed by atoms with van der Waals surface area (Å²) in [5, 5.41) is 5.32. The number of benzene rings is 4. The first kappa shape index (κ1) is 23.7. The van der Waals surface area contributed by atoms with Crippen molar-refractivity contribution in [3.05, 3.63) is 108 Å². The van der Waals surface area contributed by atoms with Crippen molar-refractivity contribution in [3.8, 4) is 0 Å². The molecular weight excluding hydrogens is 448 g/mol. The Morgan fingerprint density at radius 1 is 0.757 bits per heavy atom. The topological polar surface area (TPSA) is 6.25 Å². The molecule has 37 heavy (non-hydrogen) atoms. The number of allylic oxidation sites excluding steroid dienone is 4. The molecule has 2 nitrogen and oxygen atoms in total. The van der Waals surface area contributed by atoms with E-state index in [0.717, 1.165) is 13.1 Å². The first-order valence-electron chi connectivity index (χ1n) is 13.7. The smallest absolute Gasteiger partial charge is 0.217 e. The van der Waals surface area contributed by atoms with Crippen molar-refractivity contribution in [3.63, 3.8) is 0 Å². The first-order chi connectivity index (χ1) is 17.8. The molecule has 4 aromatic rings. The number of rotatable bonds is 4. The van der Waals surface area contributed by atoms with Crippen LogP contribution in [-0.4, -0.2) is 23.4 Å². The fraction of sp³-hybridized carbons (Fsp3) is 0.286. The highest BCUT2D eigenvalue weighted by Gasteiger charge is 2.45. The van der Waals surface area contributed by atoms with Crippen LogP contribution in [0, 0.1) is 0 Å². The number of likely N-dealkylation sites (N-methyl/N-ethyl adjacent to an activating group) is 1. The predicted molar refractivity (Wildman–Crippen MR) is 160 cm³/mol. The Morgan fingerprint density at radius 3 is 2.11 bits per heavy atom. The second-order valence-corrected chi connectivity index (χ2v) is 11.4. The summed E-state index contributed by atoms with van der Waals surface area (Å²) in [6.07, 6.45) is 7.01. The van der Waals surface area contributed by atoms with Crippen LogP contribution in [0.5, 0.6) is 0 Å². The molecule has 0 aromatic heterocycles. The standard InChI is InChI=1S/C35H37N2/c1-7-36-29-23-21-24-14-9-11-16-26(24)32(29)35(5,6)31(36)19-13-18-30-34(3,4)28-22-20-25-15-10-12-17-27(25)33(28)37(30)8-2/h9-23H,7-8H2,1-6H3/q+1. The highest BCUT2D eigenvalue weighted by molar-refractivity contribution is 6.07. The minimum Gasteiger partial charge on any atom is -0.344 e. The molecule has 0 spiro atoms. The maximum atomic E-state index is 2.52. The van der Waals surface area contributed by atoms with Crippen LogP contribution in [0.15, 0.2) is 96.7 Å². The average Bonchev–Trinajstić information content (AvgIpc) is 3.27. The molecule has 186 valence electrons. The van der Waals surface area contributed by atoms with Crippen molar-refractivity contribution in [2.24, 2.45) is 0 Å². The number of hydrogen-bond acceptors (Lipinski definition) is 1. The molecule has 0 bridgehead atoms. The van der Waals surface area contributed by atoms with Gasteiger partial charge in [0.15, 0.2) is 5.71 Å². The van der Waals surface area contributed by atoms with E-state index in [1.54, 1.807) is 0 Å². The Labute approximate surface area is 221 Å². The molecule has 0 atom stereocenters. The van der Waals surface area contributed by atoms with Crippen LogP contribution in [0.3, 0.4) is 0 Å². The highest BCUT2D eigenvalue weighted by Crippen LogP contribution is 2.50. The molecule has 2 heteroatoms. The first-order valence-corrected chi connectivity index (χ1v) is 13.7. The number of nitrogens with zero attached hydrogens (tertiary/aromatic N) is 2. The molecule has 0 fully saturated rings. The van der Waals surface area contributed by atoms with E-state index in [0.29, 0.717) is 0 Å². The fourth-order valence-electron chi connectivity index (χ4n) is 6.88. The number of anilines is 1. The summed E-state index contributed by atoms with van der Waals surface area (Å²) in [7, 11) is 0. The van der Waals surface area contributed by atoms with Crippen LogP contribution < -0.4 is 4.90 Å². The monoisotopic (exact) mass is 485 g/mol. The Balaban J connectivity index is 1.47. The van der Waals surface area contributed by atoms with Crippen LogP contribution in [0.25, 0.3) is 21.5 Å². The van der Waals surface area contributed by atoms with Crippen molar-refractivity contribution < 1.29 is 4.58 Å². The summed E-state index contributed by atoms with van der Waals surface area (Å²) in [6.45, 7) is 15.9. The molecule has 0 unspecified atom stereocenters. The van der Waals surface area contributed by atoms with Gasteiger partial charge in [-0.1, -0.05) is 80.6 Å². The molecule has 6 rings (SSSR count). The minimum atomic E-state index is -0.0734. The largest absolute Gasteiger partial charge is 0.344 e. The van der Waals surface area contributed by atoms with E-state index >= 15 is 0 Å². The van der Waals surface area contributed by atoms with Crippen molar-refractivity contribution >= 4 is 38.6 Å². The highest BCUT2D eigenvalue weighted by atomic mass is 15.2. The van der Waals surface area contributed by atoms with Crippen molar-refractivity contribution in [1.29, 1.82) is 0 Å². The molecular formula is C35H37N2+. The van der Waals surface area contributed by atoms with E-state index in [1.807, 2.05) is 0 Å². The van der Waals surface area contributed by atoms with Gasteiger partial charge in [-0.2, -0.15) is 4.58 Å². The average molecular weight is 486 g/mol. The van der Waals surface area contributed by atoms with Gasteiger partial charge in [-0.25, -0.2) is 0 Å². The summed E-state index contributed by atoms with van der Waals surface area (Å²) in [5.41, 5.74) is 8.16. The molecule has 2 aliphatic heterocycles. The van der Waals surface area contributed by atoms with Gasteiger partial charge in [0, 0.05) is 35.0 Å². The van der Waals surface area contributed by atoms with Crippen LogP contribution in [0.2, 0.25) is 0 Å². The normalized spacial score (nSPS) is 19.0. The lowest BCUT2D eigenvalue weighted by Gasteiger charge is -2.26. The fourth-order valence-corrected chi connectivity index (χ4v) is 6.88. The van der Waals surface area contributed by atoms with Gasteiger partial charge in [0.2, 0.25) is 5.69 Å². The van der Waals surface area contributed by atoms with Gasteiger partial charge in [-0.05, 0) is 67.6 Å². The van der Waals surface area contributed by atoms with E-state index in [2.05, 4.69) is 142 Å². The summed E-state index contributed by atoms with van der Waals surface area (Å²) < 4.78 is 2.52. The molecule has 0 N–H and O–H groups in total. The second-order valence-electron chi connectivity index (χ2n) is 11.4. The third kappa shape index (κ3) is 3.35. The Bertz CT molecular complexity index is 1650. The van der Waals surface area contributed by atoms with Crippen molar-refractivity contribution in [1.82, 2.24) is 0 Å². The molecule has 0 amide bonds. The maximum Gasteiger partial charge on any atom is 0.217 e. The van der Waals surface area contributed by atoms with Gasteiger partial charge < -0.3 is 4.90 Å². The van der Waals surface area contributed by atoms with Gasteiger partial charge in [-0.3, -0.25) is 0 Å². The molecule has 4 aromatic carbocycles. The predicted octanol–water partition coefficient (Wildman–Crippen LogP) is 8.65. The summed E-state index contributed by atoms with van der Waals surface area (Å²) >= 11 is 0. The lowest BCUT2D eigenvalue weighted by Crippen LogP contribution is -2.28. The molecule has 0 saturated heterocycles. The summed E-state index contributed by atoms with van der Waals surface area (Å²) in [5.74, 6) is 0. The van der Waals surface area contributed by atoms with Crippen LogP contribution in [0.1, 0.15) is 52.7 Å². The van der Waals surface area contributed by atoms with Crippen molar-refractivity contribution in [2.45, 2.75) is 52.4 Å². The van der Waals surface area contributed by atoms with Gasteiger partial charge in [0.1, 0.15) is 6.54 Å². The van der Waals surface area contributed by atoms with Crippen LogP contribution >= 0.6 is 0 Å². The maximum absolute atomic E-state index is 2.52. The van der Waals surface area contributed by atoms with Gasteiger partial charge >= 0.3 is 0 Å². The van der Waals surface area contributed by atoms with Crippen molar-refractivity contribution in [2.75, 3.05) is 18.0 Å². The van der Waals surface area contributed by atoms with E-state index in [4.69, 9.17) is 0 Å². The molecule has 0 aliphatic carbocycles. The zero-order valence-electron chi connectivity index (χ0n) is 23.0. The summed E-state index contributed by atoms with van der Waals surface area (Å²) in [4.78, 5) is 2.50. The van der Waals surface area contributed by atoms with E-state index in [-0.39, 0.29) is 10.8 Å². The SMILES string of the molecule is CCN1/C(=C\C=C\C2=[N+](CC)c3c(ccc4ccccc34)C2(C)C)C(C)(C)c2c1ccc1ccccc21.